The van der Waals surface area contributed by atoms with E-state index in [1.807, 2.05) is 0 Å². The molecule has 0 radical (unpaired) electrons. The molecule has 0 aliphatic heterocycles. The number of rotatable bonds is 4. The van der Waals surface area contributed by atoms with Gasteiger partial charge in [0.1, 0.15) is 0 Å². The number of esters is 2. The molecular weight excluding hydrogens is 290 g/mol. The van der Waals surface area contributed by atoms with Crippen LogP contribution in [0.1, 0.15) is 36.7 Å². The van der Waals surface area contributed by atoms with Crippen LogP contribution in [-0.2, 0) is 23.8 Å². The standard InChI is InChI=1S/C15H21NO6/c1-8(2)22-14(18)12(13(17)20-5)11-7-9(3)16(10(11)4)15(19)21-6/h7-8,12H,1-6H3. The molecule has 1 aromatic rings. The Morgan fingerprint density at radius 2 is 1.64 bits per heavy atom. The van der Waals surface area contributed by atoms with E-state index in [9.17, 15) is 14.4 Å². The summed E-state index contributed by atoms with van der Waals surface area (Å²) in [5, 5.41) is 0. The summed E-state index contributed by atoms with van der Waals surface area (Å²) >= 11 is 0. The van der Waals surface area contributed by atoms with Crippen molar-refractivity contribution in [2.75, 3.05) is 14.2 Å². The summed E-state index contributed by atoms with van der Waals surface area (Å²) in [5.74, 6) is -2.69. The number of hydrogen-bond donors (Lipinski definition) is 0. The minimum Gasteiger partial charge on any atom is -0.468 e. The molecule has 1 heterocycles. The summed E-state index contributed by atoms with van der Waals surface area (Å²) in [6.07, 6.45) is -0.967. The highest BCUT2D eigenvalue weighted by Gasteiger charge is 2.35. The van der Waals surface area contributed by atoms with Crippen molar-refractivity contribution in [3.05, 3.63) is 23.0 Å². The highest BCUT2D eigenvalue weighted by Crippen LogP contribution is 2.27. The Hall–Kier alpha value is -2.31. The van der Waals surface area contributed by atoms with Gasteiger partial charge in [-0.25, -0.2) is 4.79 Å². The predicted octanol–water partition coefficient (Wildman–Crippen LogP) is 1.93. The highest BCUT2D eigenvalue weighted by atomic mass is 16.6. The normalized spacial score (nSPS) is 12.0. The monoisotopic (exact) mass is 311 g/mol. The van der Waals surface area contributed by atoms with E-state index in [-0.39, 0.29) is 6.10 Å². The molecule has 1 rings (SSSR count). The smallest absolute Gasteiger partial charge is 0.418 e. The Morgan fingerprint density at radius 1 is 1.05 bits per heavy atom. The Balaban J connectivity index is 3.35. The zero-order chi connectivity index (χ0) is 17.0. The fourth-order valence-electron chi connectivity index (χ4n) is 2.22. The van der Waals surface area contributed by atoms with Crippen LogP contribution < -0.4 is 0 Å². The van der Waals surface area contributed by atoms with Gasteiger partial charge in [-0.3, -0.25) is 14.2 Å². The van der Waals surface area contributed by atoms with Crippen molar-refractivity contribution in [1.29, 1.82) is 0 Å². The van der Waals surface area contributed by atoms with Gasteiger partial charge in [-0.2, -0.15) is 0 Å². The number of ether oxygens (including phenoxy) is 3. The van der Waals surface area contributed by atoms with E-state index in [4.69, 9.17) is 14.2 Å². The SMILES string of the molecule is COC(=O)C(C(=O)OC(C)C)c1cc(C)n(C(=O)OC)c1C. The van der Waals surface area contributed by atoms with Crippen LogP contribution in [0.4, 0.5) is 4.79 Å². The summed E-state index contributed by atoms with van der Waals surface area (Å²) in [6.45, 7) is 6.67. The summed E-state index contributed by atoms with van der Waals surface area (Å²) < 4.78 is 15.8. The molecule has 0 spiro atoms. The highest BCUT2D eigenvalue weighted by molar-refractivity contribution is 6.01. The zero-order valence-electron chi connectivity index (χ0n) is 13.6. The lowest BCUT2D eigenvalue weighted by Gasteiger charge is -2.16. The zero-order valence-corrected chi connectivity index (χ0v) is 13.6. The molecule has 0 aliphatic carbocycles. The van der Waals surface area contributed by atoms with E-state index in [0.29, 0.717) is 17.0 Å². The number of carbonyl (C=O) groups excluding carboxylic acids is 3. The second kappa shape index (κ2) is 7.11. The average molecular weight is 311 g/mol. The molecule has 0 amide bonds. The molecule has 0 N–H and O–H groups in total. The van der Waals surface area contributed by atoms with E-state index in [0.717, 1.165) is 0 Å². The van der Waals surface area contributed by atoms with Crippen LogP contribution >= 0.6 is 0 Å². The van der Waals surface area contributed by atoms with Crippen LogP contribution in [-0.4, -0.2) is 42.9 Å². The first kappa shape index (κ1) is 17.7. The lowest BCUT2D eigenvalue weighted by molar-refractivity contribution is -0.158. The molecule has 7 heteroatoms. The molecule has 0 aliphatic rings. The molecule has 1 atom stereocenters. The van der Waals surface area contributed by atoms with Crippen LogP contribution in [0, 0.1) is 13.8 Å². The van der Waals surface area contributed by atoms with Crippen LogP contribution in [0.5, 0.6) is 0 Å². The maximum atomic E-state index is 12.2. The molecule has 22 heavy (non-hydrogen) atoms. The van der Waals surface area contributed by atoms with Crippen molar-refractivity contribution < 1.29 is 28.6 Å². The van der Waals surface area contributed by atoms with Crippen LogP contribution in [0.25, 0.3) is 0 Å². The number of methoxy groups -OCH3 is 2. The van der Waals surface area contributed by atoms with Gasteiger partial charge >= 0.3 is 18.0 Å². The largest absolute Gasteiger partial charge is 0.468 e. The predicted molar refractivity (Wildman–Crippen MR) is 77.7 cm³/mol. The van der Waals surface area contributed by atoms with Gasteiger partial charge < -0.3 is 14.2 Å². The van der Waals surface area contributed by atoms with Crippen LogP contribution in [0.2, 0.25) is 0 Å². The van der Waals surface area contributed by atoms with Crippen LogP contribution in [0.3, 0.4) is 0 Å². The third-order valence-corrected chi connectivity index (χ3v) is 3.16. The number of aryl methyl sites for hydroxylation is 1. The number of nitrogens with zero attached hydrogens (tertiary/aromatic N) is 1. The summed E-state index contributed by atoms with van der Waals surface area (Å²) in [4.78, 5) is 36.0. The number of carbonyl (C=O) groups is 3. The average Bonchev–Trinajstić information content (AvgIpc) is 2.72. The maximum absolute atomic E-state index is 12.2. The molecule has 1 unspecified atom stereocenters. The van der Waals surface area contributed by atoms with E-state index in [2.05, 4.69) is 0 Å². The summed E-state index contributed by atoms with van der Waals surface area (Å²) in [5.41, 5.74) is 1.34. The topological polar surface area (TPSA) is 83.8 Å². The van der Waals surface area contributed by atoms with Gasteiger partial charge in [0, 0.05) is 11.4 Å². The van der Waals surface area contributed by atoms with Crippen LogP contribution in [0.15, 0.2) is 6.07 Å². The fourth-order valence-corrected chi connectivity index (χ4v) is 2.22. The molecule has 0 aromatic carbocycles. The minimum atomic E-state index is -1.24. The molecule has 0 bridgehead atoms. The van der Waals surface area contributed by atoms with Gasteiger partial charge in [-0.15, -0.1) is 0 Å². The van der Waals surface area contributed by atoms with Gasteiger partial charge in [-0.1, -0.05) is 0 Å². The van der Waals surface area contributed by atoms with E-state index in [1.165, 1.54) is 18.8 Å². The molecule has 7 nitrogen and oxygen atoms in total. The van der Waals surface area contributed by atoms with Gasteiger partial charge in [0.2, 0.25) is 0 Å². The van der Waals surface area contributed by atoms with Gasteiger partial charge in [0.15, 0.2) is 5.92 Å². The first-order valence-electron chi connectivity index (χ1n) is 6.80. The fraction of sp³-hybridized carbons (Fsp3) is 0.533. The number of aromatic nitrogens is 1. The molecule has 1 aromatic heterocycles. The van der Waals surface area contributed by atoms with Gasteiger partial charge in [0.05, 0.1) is 20.3 Å². The Morgan fingerprint density at radius 3 is 2.09 bits per heavy atom. The minimum absolute atomic E-state index is 0.361. The van der Waals surface area contributed by atoms with E-state index in [1.54, 1.807) is 33.8 Å². The van der Waals surface area contributed by atoms with Crippen molar-refractivity contribution in [2.24, 2.45) is 0 Å². The van der Waals surface area contributed by atoms with E-state index >= 15 is 0 Å². The Labute approximate surface area is 129 Å². The third kappa shape index (κ3) is 3.47. The first-order valence-corrected chi connectivity index (χ1v) is 6.80. The Bertz CT molecular complexity index is 587. The summed E-state index contributed by atoms with van der Waals surface area (Å²) in [6, 6.07) is 1.58. The van der Waals surface area contributed by atoms with E-state index < -0.39 is 23.9 Å². The molecular formula is C15H21NO6. The first-order chi connectivity index (χ1) is 10.2. The molecule has 0 fully saturated rings. The van der Waals surface area contributed by atoms with Gasteiger partial charge in [-0.05, 0) is 39.3 Å². The molecule has 0 saturated carbocycles. The van der Waals surface area contributed by atoms with Crippen molar-refractivity contribution in [3.8, 4) is 0 Å². The Kier molecular flexibility index (Phi) is 5.73. The van der Waals surface area contributed by atoms with Crippen molar-refractivity contribution in [2.45, 2.75) is 39.7 Å². The maximum Gasteiger partial charge on any atom is 0.418 e. The number of hydrogen-bond acceptors (Lipinski definition) is 6. The van der Waals surface area contributed by atoms with Crippen molar-refractivity contribution in [3.63, 3.8) is 0 Å². The second-order valence-electron chi connectivity index (χ2n) is 5.07. The lowest BCUT2D eigenvalue weighted by Crippen LogP contribution is -2.28. The van der Waals surface area contributed by atoms with Crippen molar-refractivity contribution in [1.82, 2.24) is 4.57 Å². The van der Waals surface area contributed by atoms with Crippen molar-refractivity contribution >= 4 is 18.0 Å². The molecule has 0 saturated heterocycles. The van der Waals surface area contributed by atoms with Gasteiger partial charge in [0.25, 0.3) is 0 Å². The lowest BCUT2D eigenvalue weighted by atomic mass is 9.99. The second-order valence-corrected chi connectivity index (χ2v) is 5.07. The molecule has 122 valence electrons. The third-order valence-electron chi connectivity index (χ3n) is 3.16. The summed E-state index contributed by atoms with van der Waals surface area (Å²) in [7, 11) is 2.45. The quantitative estimate of drug-likeness (QED) is 0.480.